The van der Waals surface area contributed by atoms with E-state index >= 15 is 0 Å². The number of amides is 2. The summed E-state index contributed by atoms with van der Waals surface area (Å²) >= 11 is 5.92. The summed E-state index contributed by atoms with van der Waals surface area (Å²) in [5, 5.41) is 6.30. The van der Waals surface area contributed by atoms with Crippen LogP contribution in [0.1, 0.15) is 40.1 Å². The standard InChI is InChI=1S/C19H21ClN2O2/c1-12(2)11-21-18(23)14-5-4-6-15(10-14)19(24)22-17-8-7-16(20)9-13(17)3/h4-10,12H,11H2,1-3H3,(H,21,23)(H,22,24). The van der Waals surface area contributed by atoms with Crippen LogP contribution < -0.4 is 10.6 Å². The molecule has 0 unspecified atom stereocenters. The Morgan fingerprint density at radius 2 is 1.71 bits per heavy atom. The molecule has 0 aromatic heterocycles. The van der Waals surface area contributed by atoms with Gasteiger partial charge in [-0.15, -0.1) is 0 Å². The molecule has 0 saturated carbocycles. The highest BCUT2D eigenvalue weighted by Gasteiger charge is 2.12. The highest BCUT2D eigenvalue weighted by atomic mass is 35.5. The van der Waals surface area contributed by atoms with E-state index in [1.807, 2.05) is 20.8 Å². The van der Waals surface area contributed by atoms with E-state index in [0.29, 0.717) is 34.3 Å². The van der Waals surface area contributed by atoms with E-state index < -0.39 is 0 Å². The van der Waals surface area contributed by atoms with Crippen LogP contribution in [0.3, 0.4) is 0 Å². The number of carbonyl (C=O) groups is 2. The zero-order chi connectivity index (χ0) is 17.7. The van der Waals surface area contributed by atoms with Crippen molar-refractivity contribution in [2.45, 2.75) is 20.8 Å². The van der Waals surface area contributed by atoms with Crippen molar-refractivity contribution in [2.24, 2.45) is 5.92 Å². The fourth-order valence-electron chi connectivity index (χ4n) is 2.16. The van der Waals surface area contributed by atoms with Gasteiger partial charge in [0.25, 0.3) is 11.8 Å². The summed E-state index contributed by atoms with van der Waals surface area (Å²) in [6, 6.07) is 11.9. The lowest BCUT2D eigenvalue weighted by molar-refractivity contribution is 0.0949. The van der Waals surface area contributed by atoms with Gasteiger partial charge >= 0.3 is 0 Å². The highest BCUT2D eigenvalue weighted by Crippen LogP contribution is 2.20. The van der Waals surface area contributed by atoms with Crippen LogP contribution >= 0.6 is 11.6 Å². The van der Waals surface area contributed by atoms with Gasteiger partial charge < -0.3 is 10.6 Å². The summed E-state index contributed by atoms with van der Waals surface area (Å²) < 4.78 is 0. The van der Waals surface area contributed by atoms with Gasteiger partial charge in [-0.05, 0) is 54.8 Å². The van der Waals surface area contributed by atoms with E-state index in [2.05, 4.69) is 10.6 Å². The minimum Gasteiger partial charge on any atom is -0.352 e. The van der Waals surface area contributed by atoms with Crippen molar-refractivity contribution in [3.63, 3.8) is 0 Å². The Kier molecular flexibility index (Phi) is 5.99. The molecule has 0 fully saturated rings. The minimum atomic E-state index is -0.265. The normalized spacial score (nSPS) is 10.5. The van der Waals surface area contributed by atoms with Gasteiger partial charge in [0.15, 0.2) is 0 Å². The fourth-order valence-corrected chi connectivity index (χ4v) is 2.39. The molecule has 2 rings (SSSR count). The molecule has 24 heavy (non-hydrogen) atoms. The van der Waals surface area contributed by atoms with Crippen LogP contribution in [0.5, 0.6) is 0 Å². The number of rotatable bonds is 5. The average molecular weight is 345 g/mol. The van der Waals surface area contributed by atoms with E-state index in [0.717, 1.165) is 5.56 Å². The molecule has 0 saturated heterocycles. The van der Waals surface area contributed by atoms with Gasteiger partial charge in [0.1, 0.15) is 0 Å². The molecule has 0 aliphatic carbocycles. The first-order chi connectivity index (χ1) is 11.4. The van der Waals surface area contributed by atoms with E-state index in [-0.39, 0.29) is 11.8 Å². The molecule has 2 aromatic carbocycles. The summed E-state index contributed by atoms with van der Waals surface area (Å²) in [6.45, 7) is 6.52. The highest BCUT2D eigenvalue weighted by molar-refractivity contribution is 6.30. The molecule has 126 valence electrons. The van der Waals surface area contributed by atoms with Crippen LogP contribution in [-0.4, -0.2) is 18.4 Å². The smallest absolute Gasteiger partial charge is 0.255 e. The second-order valence-electron chi connectivity index (χ2n) is 6.10. The monoisotopic (exact) mass is 344 g/mol. The Labute approximate surface area is 147 Å². The number of anilines is 1. The molecule has 4 nitrogen and oxygen atoms in total. The molecule has 0 radical (unpaired) electrons. The number of halogens is 1. The van der Waals surface area contributed by atoms with Crippen molar-refractivity contribution in [2.75, 3.05) is 11.9 Å². The summed E-state index contributed by atoms with van der Waals surface area (Å²) in [5.41, 5.74) is 2.47. The zero-order valence-corrected chi connectivity index (χ0v) is 14.8. The molecule has 2 amide bonds. The quantitative estimate of drug-likeness (QED) is 0.850. The first-order valence-corrected chi connectivity index (χ1v) is 8.20. The number of nitrogens with one attached hydrogen (secondary N) is 2. The van der Waals surface area contributed by atoms with Crippen molar-refractivity contribution in [3.8, 4) is 0 Å². The van der Waals surface area contributed by atoms with Crippen LogP contribution in [-0.2, 0) is 0 Å². The van der Waals surface area contributed by atoms with E-state index in [1.165, 1.54) is 0 Å². The first-order valence-electron chi connectivity index (χ1n) is 7.82. The summed E-state index contributed by atoms with van der Waals surface area (Å²) in [4.78, 5) is 24.5. The lowest BCUT2D eigenvalue weighted by Crippen LogP contribution is -2.27. The lowest BCUT2D eigenvalue weighted by Gasteiger charge is -2.10. The summed E-state index contributed by atoms with van der Waals surface area (Å²) in [5.74, 6) is -0.0757. The lowest BCUT2D eigenvalue weighted by atomic mass is 10.1. The van der Waals surface area contributed by atoms with Gasteiger partial charge in [-0.1, -0.05) is 31.5 Å². The van der Waals surface area contributed by atoms with Crippen molar-refractivity contribution < 1.29 is 9.59 Å². The minimum absolute atomic E-state index is 0.180. The van der Waals surface area contributed by atoms with Crippen LogP contribution in [0, 0.1) is 12.8 Å². The molecule has 0 aliphatic rings. The Morgan fingerprint density at radius 3 is 2.33 bits per heavy atom. The molecule has 0 atom stereocenters. The second kappa shape index (κ2) is 7.97. The zero-order valence-electron chi connectivity index (χ0n) is 14.0. The third-order valence-electron chi connectivity index (χ3n) is 3.49. The van der Waals surface area contributed by atoms with Crippen molar-refractivity contribution in [3.05, 3.63) is 64.2 Å². The Hall–Kier alpha value is -2.33. The number of benzene rings is 2. The Balaban J connectivity index is 2.12. The molecule has 2 N–H and O–H groups in total. The predicted octanol–water partition coefficient (Wildman–Crippen LogP) is 4.29. The maximum Gasteiger partial charge on any atom is 0.255 e. The van der Waals surface area contributed by atoms with Gasteiger partial charge in [-0.25, -0.2) is 0 Å². The van der Waals surface area contributed by atoms with Crippen LogP contribution in [0.25, 0.3) is 0 Å². The van der Waals surface area contributed by atoms with Gasteiger partial charge in [0.05, 0.1) is 0 Å². The third kappa shape index (κ3) is 4.83. The largest absolute Gasteiger partial charge is 0.352 e. The molecule has 0 heterocycles. The molecule has 0 aliphatic heterocycles. The van der Waals surface area contributed by atoms with Gasteiger partial charge in [0, 0.05) is 28.4 Å². The maximum atomic E-state index is 12.4. The van der Waals surface area contributed by atoms with Gasteiger partial charge in [-0.3, -0.25) is 9.59 Å². The third-order valence-corrected chi connectivity index (χ3v) is 3.73. The van der Waals surface area contributed by atoms with Crippen molar-refractivity contribution >= 4 is 29.1 Å². The predicted molar refractivity (Wildman–Crippen MR) is 97.8 cm³/mol. The SMILES string of the molecule is Cc1cc(Cl)ccc1NC(=O)c1cccc(C(=O)NCC(C)C)c1. The Morgan fingerprint density at radius 1 is 1.04 bits per heavy atom. The number of aryl methyl sites for hydroxylation is 1. The van der Waals surface area contributed by atoms with E-state index in [4.69, 9.17) is 11.6 Å². The Bertz CT molecular complexity index is 757. The van der Waals surface area contributed by atoms with Crippen molar-refractivity contribution in [1.29, 1.82) is 0 Å². The number of hydrogen-bond donors (Lipinski definition) is 2. The molecular formula is C19H21ClN2O2. The van der Waals surface area contributed by atoms with E-state index in [9.17, 15) is 9.59 Å². The van der Waals surface area contributed by atoms with Crippen molar-refractivity contribution in [1.82, 2.24) is 5.32 Å². The molecule has 0 spiro atoms. The maximum absolute atomic E-state index is 12.4. The molecule has 2 aromatic rings. The molecular weight excluding hydrogens is 324 g/mol. The summed E-state index contributed by atoms with van der Waals surface area (Å²) in [7, 11) is 0. The van der Waals surface area contributed by atoms with Crippen LogP contribution in [0.15, 0.2) is 42.5 Å². The topological polar surface area (TPSA) is 58.2 Å². The molecule has 5 heteroatoms. The fraction of sp³-hybridized carbons (Fsp3) is 0.263. The molecule has 0 bridgehead atoms. The first kappa shape index (κ1) is 18.0. The average Bonchev–Trinajstić information content (AvgIpc) is 2.55. The number of hydrogen-bond acceptors (Lipinski definition) is 2. The van der Waals surface area contributed by atoms with E-state index in [1.54, 1.807) is 42.5 Å². The van der Waals surface area contributed by atoms with Crippen LogP contribution in [0.4, 0.5) is 5.69 Å². The second-order valence-corrected chi connectivity index (χ2v) is 6.53. The van der Waals surface area contributed by atoms with Crippen LogP contribution in [0.2, 0.25) is 5.02 Å². The van der Waals surface area contributed by atoms with Gasteiger partial charge in [0.2, 0.25) is 0 Å². The van der Waals surface area contributed by atoms with Gasteiger partial charge in [-0.2, -0.15) is 0 Å². The number of carbonyl (C=O) groups excluding carboxylic acids is 2. The summed E-state index contributed by atoms with van der Waals surface area (Å²) in [6.07, 6.45) is 0.